The molecule has 3 aromatic rings. The molecule has 0 spiro atoms. The van der Waals surface area contributed by atoms with Crippen LogP contribution in [-0.4, -0.2) is 11.5 Å². The summed E-state index contributed by atoms with van der Waals surface area (Å²) in [6.45, 7) is 5.09. The van der Waals surface area contributed by atoms with Crippen LogP contribution < -0.4 is 10.6 Å². The van der Waals surface area contributed by atoms with Gasteiger partial charge in [-0.1, -0.05) is 30.3 Å². The van der Waals surface area contributed by atoms with Crippen molar-refractivity contribution in [3.63, 3.8) is 0 Å². The topological polar surface area (TPSA) is 42.1 Å². The summed E-state index contributed by atoms with van der Waals surface area (Å²) in [5.74, 6) is 0. The maximum absolute atomic E-state index is 6.23. The molecule has 0 fully saturated rings. The highest BCUT2D eigenvalue weighted by molar-refractivity contribution is 5.99. The highest BCUT2D eigenvalue weighted by Gasteiger charge is 2.14. The fourth-order valence-electron chi connectivity index (χ4n) is 2.71. The van der Waals surface area contributed by atoms with Crippen LogP contribution in [0, 0.1) is 6.92 Å². The van der Waals surface area contributed by atoms with Crippen LogP contribution in [0.15, 0.2) is 54.7 Å². The van der Waals surface area contributed by atoms with Crippen LogP contribution in [0.5, 0.6) is 0 Å². The molecule has 2 N–H and O–H groups in total. The fourth-order valence-corrected chi connectivity index (χ4v) is 2.71. The van der Waals surface area contributed by atoms with Gasteiger partial charge in [-0.15, -0.1) is 0 Å². The van der Waals surface area contributed by atoms with E-state index >= 15 is 0 Å². The number of benzene rings is 2. The van der Waals surface area contributed by atoms with Gasteiger partial charge in [-0.05, 0) is 37.6 Å². The van der Waals surface area contributed by atoms with Crippen LogP contribution in [-0.2, 0) is 0 Å². The number of rotatable bonds is 3. The van der Waals surface area contributed by atoms with Gasteiger partial charge >= 0.3 is 0 Å². The van der Waals surface area contributed by atoms with Crippen LogP contribution in [0.25, 0.3) is 10.9 Å². The van der Waals surface area contributed by atoms with Gasteiger partial charge in [0.15, 0.2) is 0 Å². The lowest BCUT2D eigenvalue weighted by Crippen LogP contribution is -2.18. The molecule has 1 aromatic heterocycles. The molecule has 0 aliphatic carbocycles. The number of nitrogen functional groups attached to an aromatic ring is 1. The number of nitrogens with two attached hydrogens (primary N) is 1. The molecule has 106 valence electrons. The van der Waals surface area contributed by atoms with Crippen molar-refractivity contribution in [3.05, 3.63) is 60.3 Å². The van der Waals surface area contributed by atoms with Crippen molar-refractivity contribution < 1.29 is 0 Å². The monoisotopic (exact) mass is 277 g/mol. The molecule has 0 amide bonds. The smallest absolute Gasteiger partial charge is 0.0755 e. The summed E-state index contributed by atoms with van der Waals surface area (Å²) < 4.78 is 0. The summed E-state index contributed by atoms with van der Waals surface area (Å²) in [4.78, 5) is 6.66. The van der Waals surface area contributed by atoms with E-state index < -0.39 is 0 Å². The zero-order chi connectivity index (χ0) is 14.8. The Bertz CT molecular complexity index is 780. The van der Waals surface area contributed by atoms with E-state index in [4.69, 9.17) is 5.73 Å². The van der Waals surface area contributed by atoms with E-state index in [1.807, 2.05) is 18.2 Å². The minimum absolute atomic E-state index is 0.706. The summed E-state index contributed by atoms with van der Waals surface area (Å²) in [6.07, 6.45) is 1.75. The van der Waals surface area contributed by atoms with E-state index in [-0.39, 0.29) is 0 Å². The lowest BCUT2D eigenvalue weighted by atomic mass is 10.1. The third-order valence-corrected chi connectivity index (χ3v) is 3.67. The normalized spacial score (nSPS) is 10.8. The van der Waals surface area contributed by atoms with Crippen LogP contribution in [0.4, 0.5) is 17.1 Å². The van der Waals surface area contributed by atoms with Gasteiger partial charge in [-0.25, -0.2) is 0 Å². The number of aromatic nitrogens is 1. The van der Waals surface area contributed by atoms with Crippen molar-refractivity contribution in [2.45, 2.75) is 13.8 Å². The third-order valence-electron chi connectivity index (χ3n) is 3.67. The molecular formula is C18H19N3. The highest BCUT2D eigenvalue weighted by Crippen LogP contribution is 2.36. The number of anilines is 3. The summed E-state index contributed by atoms with van der Waals surface area (Å²) in [5.41, 5.74) is 11.3. The predicted molar refractivity (Wildman–Crippen MR) is 90.0 cm³/mol. The molecule has 0 unspecified atom stereocenters. The van der Waals surface area contributed by atoms with Gasteiger partial charge in [0.2, 0.25) is 0 Å². The molecule has 0 saturated carbocycles. The second-order valence-corrected chi connectivity index (χ2v) is 5.16. The molecule has 0 radical (unpaired) electrons. The van der Waals surface area contributed by atoms with E-state index in [1.165, 1.54) is 5.56 Å². The van der Waals surface area contributed by atoms with Gasteiger partial charge in [-0.3, -0.25) is 4.98 Å². The molecule has 2 aromatic carbocycles. The Hall–Kier alpha value is -2.55. The van der Waals surface area contributed by atoms with Gasteiger partial charge in [0.25, 0.3) is 0 Å². The van der Waals surface area contributed by atoms with E-state index in [9.17, 15) is 0 Å². The molecule has 0 aliphatic rings. The summed E-state index contributed by atoms with van der Waals surface area (Å²) >= 11 is 0. The van der Waals surface area contributed by atoms with Crippen LogP contribution in [0.2, 0.25) is 0 Å². The molecular weight excluding hydrogens is 258 g/mol. The second-order valence-electron chi connectivity index (χ2n) is 5.16. The van der Waals surface area contributed by atoms with E-state index in [0.717, 1.165) is 28.8 Å². The Balaban J connectivity index is 2.24. The maximum atomic E-state index is 6.23. The number of hydrogen-bond donors (Lipinski definition) is 1. The molecule has 21 heavy (non-hydrogen) atoms. The minimum Gasteiger partial charge on any atom is -0.396 e. The molecule has 0 aliphatic heterocycles. The Morgan fingerprint density at radius 2 is 1.90 bits per heavy atom. The Labute approximate surface area is 125 Å². The quantitative estimate of drug-likeness (QED) is 0.776. The highest BCUT2D eigenvalue weighted by atomic mass is 15.1. The average molecular weight is 277 g/mol. The Morgan fingerprint density at radius 1 is 1.10 bits per heavy atom. The number of pyridine rings is 1. The van der Waals surface area contributed by atoms with Crippen LogP contribution >= 0.6 is 0 Å². The van der Waals surface area contributed by atoms with Gasteiger partial charge in [0, 0.05) is 17.6 Å². The average Bonchev–Trinajstić information content (AvgIpc) is 2.50. The largest absolute Gasteiger partial charge is 0.396 e. The number of para-hydroxylation sites is 1. The van der Waals surface area contributed by atoms with Gasteiger partial charge in [-0.2, -0.15) is 0 Å². The molecule has 0 saturated heterocycles. The van der Waals surface area contributed by atoms with Gasteiger partial charge in [0.1, 0.15) is 0 Å². The fraction of sp³-hybridized carbons (Fsp3) is 0.167. The molecule has 3 nitrogen and oxygen atoms in total. The standard InChI is InChI=1S/C18H19N3/c1-3-21(14-8-6-7-13(2)11-14)18-15-9-4-5-10-17(15)20-12-16(18)19/h4-12H,3,19H2,1-2H3. The first kappa shape index (κ1) is 13.4. The molecule has 3 rings (SSSR count). The van der Waals surface area contributed by atoms with Crippen molar-refractivity contribution in [1.29, 1.82) is 0 Å². The summed E-state index contributed by atoms with van der Waals surface area (Å²) in [7, 11) is 0. The van der Waals surface area contributed by atoms with Crippen LogP contribution in [0.3, 0.4) is 0 Å². The molecule has 0 atom stereocenters. The molecule has 3 heteroatoms. The first-order valence-corrected chi connectivity index (χ1v) is 7.18. The lowest BCUT2D eigenvalue weighted by Gasteiger charge is -2.26. The SMILES string of the molecule is CCN(c1cccc(C)c1)c1c(N)cnc2ccccc12. The Morgan fingerprint density at radius 3 is 2.67 bits per heavy atom. The number of nitrogens with zero attached hydrogens (tertiary/aromatic N) is 2. The van der Waals surface area contributed by atoms with Gasteiger partial charge < -0.3 is 10.6 Å². The Kier molecular flexibility index (Phi) is 3.48. The summed E-state index contributed by atoms with van der Waals surface area (Å²) in [5, 5.41) is 1.08. The first-order chi connectivity index (χ1) is 10.2. The lowest BCUT2D eigenvalue weighted by molar-refractivity contribution is 1.03. The predicted octanol–water partition coefficient (Wildman–Crippen LogP) is 4.28. The van der Waals surface area contributed by atoms with Gasteiger partial charge in [0.05, 0.1) is 23.1 Å². The minimum atomic E-state index is 0.706. The van der Waals surface area contributed by atoms with E-state index in [2.05, 4.69) is 54.1 Å². The maximum Gasteiger partial charge on any atom is 0.0755 e. The zero-order valence-electron chi connectivity index (χ0n) is 12.4. The van der Waals surface area contributed by atoms with Crippen molar-refractivity contribution in [2.75, 3.05) is 17.2 Å². The first-order valence-electron chi connectivity index (χ1n) is 7.18. The third kappa shape index (κ3) is 2.42. The zero-order valence-corrected chi connectivity index (χ0v) is 12.4. The molecule has 1 heterocycles. The van der Waals surface area contributed by atoms with Crippen molar-refractivity contribution in [2.24, 2.45) is 0 Å². The summed E-state index contributed by atoms with van der Waals surface area (Å²) in [6, 6.07) is 16.6. The number of aryl methyl sites for hydroxylation is 1. The van der Waals surface area contributed by atoms with Crippen molar-refractivity contribution >= 4 is 28.0 Å². The van der Waals surface area contributed by atoms with E-state index in [0.29, 0.717) is 5.69 Å². The molecule has 0 bridgehead atoms. The van der Waals surface area contributed by atoms with E-state index in [1.54, 1.807) is 6.20 Å². The van der Waals surface area contributed by atoms with Crippen molar-refractivity contribution in [1.82, 2.24) is 4.98 Å². The van der Waals surface area contributed by atoms with Crippen molar-refractivity contribution in [3.8, 4) is 0 Å². The second kappa shape index (κ2) is 5.44. The van der Waals surface area contributed by atoms with Crippen LogP contribution in [0.1, 0.15) is 12.5 Å². The number of hydrogen-bond acceptors (Lipinski definition) is 3. The number of fused-ring (bicyclic) bond motifs is 1.